The molecule has 1 nitrogen and oxygen atoms in total. The number of allylic oxidation sites excluding steroid dienone is 1. The maximum absolute atomic E-state index is 2.39. The van der Waals surface area contributed by atoms with Crippen LogP contribution in [-0.2, 0) is 0 Å². The molecular formula is C38H29N. The summed E-state index contributed by atoms with van der Waals surface area (Å²) < 4.78 is 0. The summed E-state index contributed by atoms with van der Waals surface area (Å²) in [6, 6.07) is 48.5. The average Bonchev–Trinajstić information content (AvgIpc) is 2.99. The van der Waals surface area contributed by atoms with Crippen molar-refractivity contribution in [2.45, 2.75) is 13.8 Å². The number of aryl methyl sites for hydroxylation is 1. The Balaban J connectivity index is 1.39. The topological polar surface area (TPSA) is 3.24 Å². The van der Waals surface area contributed by atoms with E-state index in [-0.39, 0.29) is 0 Å². The predicted molar refractivity (Wildman–Crippen MR) is 170 cm³/mol. The van der Waals surface area contributed by atoms with Crippen LogP contribution in [0.25, 0.3) is 44.0 Å². The maximum atomic E-state index is 2.39. The second-order valence-corrected chi connectivity index (χ2v) is 10.4. The fraction of sp³-hybridized carbons (Fsp3) is 0.0526. The van der Waals surface area contributed by atoms with E-state index in [4.69, 9.17) is 0 Å². The van der Waals surface area contributed by atoms with E-state index in [1.165, 1.54) is 60.3 Å². The monoisotopic (exact) mass is 499 g/mol. The molecule has 0 aliphatic rings. The molecule has 0 aliphatic carbocycles. The van der Waals surface area contributed by atoms with Crippen LogP contribution in [0.4, 0.5) is 17.1 Å². The zero-order valence-corrected chi connectivity index (χ0v) is 22.2. The van der Waals surface area contributed by atoms with Crippen molar-refractivity contribution < 1.29 is 0 Å². The van der Waals surface area contributed by atoms with Gasteiger partial charge in [-0.3, -0.25) is 0 Å². The maximum Gasteiger partial charge on any atom is 0.0540 e. The quantitative estimate of drug-likeness (QED) is 0.168. The number of rotatable bonds is 5. The molecule has 0 aromatic heterocycles. The first kappa shape index (κ1) is 23.3. The lowest BCUT2D eigenvalue weighted by Crippen LogP contribution is -2.10. The first-order valence-corrected chi connectivity index (χ1v) is 13.5. The van der Waals surface area contributed by atoms with Gasteiger partial charge in [-0.1, -0.05) is 115 Å². The first-order chi connectivity index (χ1) is 19.2. The smallest absolute Gasteiger partial charge is 0.0540 e. The molecule has 0 N–H and O–H groups in total. The SMILES string of the molecule is C/C(=C\c1ccc(N(c2ccc(C)cc2)c2ccc3ccc4cccc5ccc2c3c45)cc1)c1ccccc1. The van der Waals surface area contributed by atoms with Gasteiger partial charge in [0.05, 0.1) is 5.69 Å². The summed E-state index contributed by atoms with van der Waals surface area (Å²) in [7, 11) is 0. The zero-order chi connectivity index (χ0) is 26.3. The van der Waals surface area contributed by atoms with E-state index in [0.29, 0.717) is 0 Å². The van der Waals surface area contributed by atoms with Gasteiger partial charge in [-0.15, -0.1) is 0 Å². The molecule has 7 aromatic carbocycles. The van der Waals surface area contributed by atoms with Gasteiger partial charge in [0.15, 0.2) is 0 Å². The molecule has 0 fully saturated rings. The second kappa shape index (κ2) is 9.45. The zero-order valence-electron chi connectivity index (χ0n) is 22.2. The highest BCUT2D eigenvalue weighted by Gasteiger charge is 2.18. The van der Waals surface area contributed by atoms with Crippen LogP contribution in [0.5, 0.6) is 0 Å². The van der Waals surface area contributed by atoms with Crippen molar-refractivity contribution in [1.29, 1.82) is 0 Å². The third-order valence-electron chi connectivity index (χ3n) is 7.80. The molecule has 0 spiro atoms. The van der Waals surface area contributed by atoms with Crippen LogP contribution >= 0.6 is 0 Å². The molecule has 7 aromatic rings. The summed E-state index contributed by atoms with van der Waals surface area (Å²) in [6.07, 6.45) is 2.26. The molecule has 0 saturated carbocycles. The molecule has 186 valence electrons. The minimum atomic E-state index is 1.14. The Morgan fingerprint density at radius 2 is 1.13 bits per heavy atom. The second-order valence-electron chi connectivity index (χ2n) is 10.4. The Hall–Kier alpha value is -4.88. The molecule has 7 rings (SSSR count). The summed E-state index contributed by atoms with van der Waals surface area (Å²) in [4.78, 5) is 2.39. The molecule has 0 radical (unpaired) electrons. The largest absolute Gasteiger partial charge is 0.310 e. The molecule has 39 heavy (non-hydrogen) atoms. The van der Waals surface area contributed by atoms with E-state index in [9.17, 15) is 0 Å². The first-order valence-electron chi connectivity index (χ1n) is 13.5. The van der Waals surface area contributed by atoms with Crippen LogP contribution in [0.2, 0.25) is 0 Å². The van der Waals surface area contributed by atoms with Crippen molar-refractivity contribution in [1.82, 2.24) is 0 Å². The van der Waals surface area contributed by atoms with E-state index in [2.05, 4.69) is 158 Å². The van der Waals surface area contributed by atoms with Crippen LogP contribution in [0.3, 0.4) is 0 Å². The Morgan fingerprint density at radius 3 is 1.82 bits per heavy atom. The van der Waals surface area contributed by atoms with E-state index in [1.807, 2.05) is 0 Å². The highest BCUT2D eigenvalue weighted by atomic mass is 15.1. The lowest BCUT2D eigenvalue weighted by atomic mass is 9.93. The van der Waals surface area contributed by atoms with E-state index in [1.54, 1.807) is 0 Å². The third-order valence-corrected chi connectivity index (χ3v) is 7.80. The molecule has 0 amide bonds. The number of hydrogen-bond donors (Lipinski definition) is 0. The van der Waals surface area contributed by atoms with Crippen molar-refractivity contribution in [3.05, 3.63) is 150 Å². The molecule has 0 saturated heterocycles. The summed E-state index contributed by atoms with van der Waals surface area (Å²) in [6.45, 7) is 4.31. The van der Waals surface area contributed by atoms with Gasteiger partial charge in [0.2, 0.25) is 0 Å². The number of nitrogens with zero attached hydrogens (tertiary/aromatic N) is 1. The van der Waals surface area contributed by atoms with E-state index in [0.717, 1.165) is 11.4 Å². The third kappa shape index (κ3) is 4.13. The summed E-state index contributed by atoms with van der Waals surface area (Å²) in [5, 5.41) is 7.79. The van der Waals surface area contributed by atoms with Crippen LogP contribution in [0.1, 0.15) is 23.6 Å². The predicted octanol–water partition coefficient (Wildman–Crippen LogP) is 10.9. The molecule has 1 heteroatoms. The Labute approximate surface area is 229 Å². The van der Waals surface area contributed by atoms with Gasteiger partial charge in [-0.05, 0) is 87.8 Å². The van der Waals surface area contributed by atoms with Crippen LogP contribution in [-0.4, -0.2) is 0 Å². The molecule has 0 heterocycles. The minimum Gasteiger partial charge on any atom is -0.310 e. The van der Waals surface area contributed by atoms with E-state index < -0.39 is 0 Å². The lowest BCUT2D eigenvalue weighted by molar-refractivity contribution is 1.29. The standard InChI is InChI=1S/C38H29N/c1-26-11-19-33(20-12-26)39(34-21-13-28(14-22-34)25-27(2)29-7-4-3-5-8-29)36-24-18-32-16-15-30-9-6-10-31-17-23-35(36)38(32)37(30)31/h3-25H,1-2H3/b27-25+. The molecule has 0 bridgehead atoms. The van der Waals surface area contributed by atoms with Gasteiger partial charge in [0.1, 0.15) is 0 Å². The van der Waals surface area contributed by atoms with Crippen molar-refractivity contribution >= 4 is 61.0 Å². The van der Waals surface area contributed by atoms with Gasteiger partial charge in [-0.25, -0.2) is 0 Å². The average molecular weight is 500 g/mol. The van der Waals surface area contributed by atoms with Crippen LogP contribution in [0.15, 0.2) is 133 Å². The van der Waals surface area contributed by atoms with Crippen molar-refractivity contribution in [3.8, 4) is 0 Å². The highest BCUT2D eigenvalue weighted by Crippen LogP contribution is 2.43. The Bertz CT molecular complexity index is 1930. The number of benzene rings is 7. The minimum absolute atomic E-state index is 1.14. The van der Waals surface area contributed by atoms with Gasteiger partial charge in [-0.2, -0.15) is 0 Å². The summed E-state index contributed by atoms with van der Waals surface area (Å²) >= 11 is 0. The molecule has 0 unspecified atom stereocenters. The van der Waals surface area contributed by atoms with Crippen molar-refractivity contribution in [2.75, 3.05) is 4.90 Å². The number of anilines is 3. The molecular weight excluding hydrogens is 470 g/mol. The highest BCUT2D eigenvalue weighted by molar-refractivity contribution is 6.25. The van der Waals surface area contributed by atoms with Gasteiger partial charge < -0.3 is 4.90 Å². The van der Waals surface area contributed by atoms with Crippen LogP contribution in [0, 0.1) is 6.92 Å². The van der Waals surface area contributed by atoms with Gasteiger partial charge in [0.25, 0.3) is 0 Å². The fourth-order valence-corrected chi connectivity index (χ4v) is 5.79. The lowest BCUT2D eigenvalue weighted by Gasteiger charge is -2.28. The van der Waals surface area contributed by atoms with Crippen LogP contribution < -0.4 is 4.90 Å². The van der Waals surface area contributed by atoms with Crippen molar-refractivity contribution in [3.63, 3.8) is 0 Å². The molecule has 0 aliphatic heterocycles. The molecule has 0 atom stereocenters. The van der Waals surface area contributed by atoms with E-state index >= 15 is 0 Å². The normalized spacial score (nSPS) is 12.0. The summed E-state index contributed by atoms with van der Waals surface area (Å²) in [5.74, 6) is 0. The van der Waals surface area contributed by atoms with Gasteiger partial charge >= 0.3 is 0 Å². The van der Waals surface area contributed by atoms with Gasteiger partial charge in [0, 0.05) is 16.8 Å². The number of hydrogen-bond acceptors (Lipinski definition) is 1. The van der Waals surface area contributed by atoms with Crippen molar-refractivity contribution in [2.24, 2.45) is 0 Å². The summed E-state index contributed by atoms with van der Waals surface area (Å²) in [5.41, 5.74) is 8.43. The Kier molecular flexibility index (Phi) is 5.64. The Morgan fingerprint density at radius 1 is 0.538 bits per heavy atom. The fourth-order valence-electron chi connectivity index (χ4n) is 5.79.